The number of amides is 2. The smallest absolute Gasteiger partial charge is 0.225 e. The van der Waals surface area contributed by atoms with Crippen LogP contribution in [0.25, 0.3) is 0 Å². The van der Waals surface area contributed by atoms with Gasteiger partial charge in [-0.2, -0.15) is 0 Å². The largest absolute Gasteiger partial charge is 0.381 e. The van der Waals surface area contributed by atoms with Crippen LogP contribution in [0.15, 0.2) is 30.3 Å². The summed E-state index contributed by atoms with van der Waals surface area (Å²) in [6, 6.07) is 10.5. The summed E-state index contributed by atoms with van der Waals surface area (Å²) in [5.74, 6) is 1.20. The molecule has 1 atom stereocenters. The molecule has 3 aliphatic heterocycles. The van der Waals surface area contributed by atoms with Crippen LogP contribution in [-0.2, 0) is 20.9 Å². The van der Waals surface area contributed by atoms with E-state index in [1.54, 1.807) is 0 Å². The van der Waals surface area contributed by atoms with Gasteiger partial charge in [-0.25, -0.2) is 0 Å². The highest BCUT2D eigenvalue weighted by molar-refractivity contribution is 5.79. The molecule has 1 aromatic rings. The molecule has 3 heterocycles. The summed E-state index contributed by atoms with van der Waals surface area (Å²) in [7, 11) is 0. The van der Waals surface area contributed by atoms with E-state index >= 15 is 0 Å². The van der Waals surface area contributed by atoms with Crippen LogP contribution in [0.2, 0.25) is 0 Å². The molecule has 6 nitrogen and oxygen atoms in total. The summed E-state index contributed by atoms with van der Waals surface area (Å²) in [4.78, 5) is 32.2. The molecular weight excluding hydrogens is 390 g/mol. The van der Waals surface area contributed by atoms with E-state index in [1.165, 1.54) is 5.56 Å². The molecule has 3 fully saturated rings. The second kappa shape index (κ2) is 11.1. The molecule has 1 aromatic carbocycles. The van der Waals surface area contributed by atoms with Crippen LogP contribution in [-0.4, -0.2) is 79.0 Å². The summed E-state index contributed by atoms with van der Waals surface area (Å²) in [5, 5.41) is 0. The van der Waals surface area contributed by atoms with Gasteiger partial charge in [0.2, 0.25) is 11.8 Å². The number of ether oxygens (including phenoxy) is 1. The Kier molecular flexibility index (Phi) is 7.97. The maximum Gasteiger partial charge on any atom is 0.225 e. The maximum absolute atomic E-state index is 12.8. The number of carbonyl (C=O) groups is 2. The van der Waals surface area contributed by atoms with Crippen molar-refractivity contribution >= 4 is 11.8 Å². The quantitative estimate of drug-likeness (QED) is 0.701. The lowest BCUT2D eigenvalue weighted by Crippen LogP contribution is -2.48. The van der Waals surface area contributed by atoms with Crippen molar-refractivity contribution in [2.24, 2.45) is 11.8 Å². The van der Waals surface area contributed by atoms with Gasteiger partial charge in [-0.15, -0.1) is 0 Å². The number of likely N-dealkylation sites (tertiary alicyclic amines) is 1. The zero-order chi connectivity index (χ0) is 21.5. The van der Waals surface area contributed by atoms with Crippen LogP contribution in [0, 0.1) is 11.8 Å². The average Bonchev–Trinajstić information content (AvgIpc) is 2.84. The van der Waals surface area contributed by atoms with Crippen molar-refractivity contribution in [3.8, 4) is 0 Å². The van der Waals surface area contributed by atoms with Gasteiger partial charge in [0.1, 0.15) is 0 Å². The van der Waals surface area contributed by atoms with Crippen molar-refractivity contribution in [1.29, 1.82) is 0 Å². The summed E-state index contributed by atoms with van der Waals surface area (Å²) < 4.78 is 5.40. The second-order valence-electron chi connectivity index (χ2n) is 9.36. The maximum atomic E-state index is 12.8. The molecule has 6 heteroatoms. The van der Waals surface area contributed by atoms with E-state index in [0.717, 1.165) is 77.9 Å². The van der Waals surface area contributed by atoms with Crippen LogP contribution >= 0.6 is 0 Å². The number of hydrogen-bond acceptors (Lipinski definition) is 4. The predicted octanol–water partition coefficient (Wildman–Crippen LogP) is 2.78. The molecule has 2 amide bonds. The van der Waals surface area contributed by atoms with Gasteiger partial charge in [0.25, 0.3) is 0 Å². The Labute approximate surface area is 186 Å². The first-order chi connectivity index (χ1) is 15.2. The zero-order valence-corrected chi connectivity index (χ0v) is 18.7. The topological polar surface area (TPSA) is 53.1 Å². The normalized spacial score (nSPS) is 23.7. The van der Waals surface area contributed by atoms with E-state index in [2.05, 4.69) is 34.1 Å². The highest BCUT2D eigenvalue weighted by Crippen LogP contribution is 2.25. The predicted molar refractivity (Wildman–Crippen MR) is 120 cm³/mol. The fraction of sp³-hybridized carbons (Fsp3) is 0.680. The molecule has 3 aliphatic rings. The summed E-state index contributed by atoms with van der Waals surface area (Å²) in [6.07, 6.45) is 5.43. The number of piperazine rings is 1. The van der Waals surface area contributed by atoms with Gasteiger partial charge in [0.05, 0.1) is 0 Å². The minimum absolute atomic E-state index is 0.140. The van der Waals surface area contributed by atoms with Crippen LogP contribution in [0.5, 0.6) is 0 Å². The Balaban J connectivity index is 1.17. The molecule has 4 rings (SSSR count). The number of nitrogens with zero attached hydrogens (tertiary/aromatic N) is 3. The number of benzene rings is 1. The molecule has 3 saturated heterocycles. The van der Waals surface area contributed by atoms with Gasteiger partial charge in [-0.05, 0) is 43.6 Å². The summed E-state index contributed by atoms with van der Waals surface area (Å²) in [5.41, 5.74) is 1.33. The Bertz CT molecular complexity index is 712. The minimum atomic E-state index is 0.140. The number of piperidine rings is 1. The Morgan fingerprint density at radius 2 is 1.65 bits per heavy atom. The fourth-order valence-corrected chi connectivity index (χ4v) is 5.19. The van der Waals surface area contributed by atoms with Gasteiger partial charge in [-0.3, -0.25) is 14.5 Å². The second-order valence-corrected chi connectivity index (χ2v) is 9.36. The molecule has 0 saturated carbocycles. The lowest BCUT2D eigenvalue weighted by molar-refractivity contribution is -0.140. The zero-order valence-electron chi connectivity index (χ0n) is 18.7. The molecule has 0 bridgehead atoms. The molecule has 170 valence electrons. The molecule has 31 heavy (non-hydrogen) atoms. The standard InChI is InChI=1S/C25H37N3O3/c29-24(27-15-13-26(14-16-27)19-21-5-2-1-3-6-21)9-8-22-7-4-12-28(20-22)25(30)23-10-17-31-18-11-23/h1-3,5-6,22-23H,4,7-20H2. The van der Waals surface area contributed by atoms with Crippen LogP contribution in [0.4, 0.5) is 0 Å². The molecule has 0 aliphatic carbocycles. The Morgan fingerprint density at radius 3 is 2.39 bits per heavy atom. The first-order valence-corrected chi connectivity index (χ1v) is 12.1. The minimum Gasteiger partial charge on any atom is -0.381 e. The molecule has 0 aromatic heterocycles. The fourth-order valence-electron chi connectivity index (χ4n) is 5.19. The first-order valence-electron chi connectivity index (χ1n) is 12.1. The van der Waals surface area contributed by atoms with Crippen molar-refractivity contribution < 1.29 is 14.3 Å². The molecule has 0 radical (unpaired) electrons. The van der Waals surface area contributed by atoms with Crippen LogP contribution in [0.3, 0.4) is 0 Å². The van der Waals surface area contributed by atoms with Crippen molar-refractivity contribution in [2.75, 3.05) is 52.5 Å². The van der Waals surface area contributed by atoms with Gasteiger partial charge in [-0.1, -0.05) is 30.3 Å². The molecule has 0 spiro atoms. The molecule has 0 N–H and O–H groups in total. The van der Waals surface area contributed by atoms with Gasteiger partial charge < -0.3 is 14.5 Å². The first kappa shape index (κ1) is 22.3. The van der Waals surface area contributed by atoms with E-state index in [-0.39, 0.29) is 11.8 Å². The van der Waals surface area contributed by atoms with Gasteiger partial charge in [0.15, 0.2) is 0 Å². The lowest BCUT2D eigenvalue weighted by Gasteiger charge is -2.37. The van der Waals surface area contributed by atoms with E-state index in [1.807, 2.05) is 11.0 Å². The third kappa shape index (κ3) is 6.30. The average molecular weight is 428 g/mol. The number of hydrogen-bond donors (Lipinski definition) is 0. The van der Waals surface area contributed by atoms with Gasteiger partial charge in [0, 0.05) is 71.4 Å². The van der Waals surface area contributed by atoms with E-state index < -0.39 is 0 Å². The molecular formula is C25H37N3O3. The van der Waals surface area contributed by atoms with Crippen LogP contribution < -0.4 is 0 Å². The van der Waals surface area contributed by atoms with Gasteiger partial charge >= 0.3 is 0 Å². The lowest BCUT2D eigenvalue weighted by atomic mass is 9.91. The van der Waals surface area contributed by atoms with E-state index in [9.17, 15) is 9.59 Å². The SMILES string of the molecule is O=C(CCC1CCCN(C(=O)C2CCOCC2)C1)N1CCN(Cc2ccccc2)CC1. The Morgan fingerprint density at radius 1 is 0.903 bits per heavy atom. The van der Waals surface area contributed by atoms with E-state index in [4.69, 9.17) is 4.74 Å². The highest BCUT2D eigenvalue weighted by Gasteiger charge is 2.30. The monoisotopic (exact) mass is 427 g/mol. The van der Waals surface area contributed by atoms with Crippen molar-refractivity contribution in [3.05, 3.63) is 35.9 Å². The Hall–Kier alpha value is -1.92. The number of rotatable bonds is 6. The van der Waals surface area contributed by atoms with Crippen LogP contribution in [0.1, 0.15) is 44.1 Å². The van der Waals surface area contributed by atoms with E-state index in [0.29, 0.717) is 31.5 Å². The third-order valence-electron chi connectivity index (χ3n) is 7.14. The van der Waals surface area contributed by atoms with Crippen molar-refractivity contribution in [3.63, 3.8) is 0 Å². The third-order valence-corrected chi connectivity index (χ3v) is 7.14. The summed E-state index contributed by atoms with van der Waals surface area (Å²) >= 11 is 0. The molecule has 1 unspecified atom stereocenters. The number of carbonyl (C=O) groups excluding carboxylic acids is 2. The highest BCUT2D eigenvalue weighted by atomic mass is 16.5. The van der Waals surface area contributed by atoms with Crippen molar-refractivity contribution in [2.45, 2.75) is 45.1 Å². The van der Waals surface area contributed by atoms with Crippen molar-refractivity contribution in [1.82, 2.24) is 14.7 Å². The summed E-state index contributed by atoms with van der Waals surface area (Å²) in [6.45, 7) is 7.62.